The van der Waals surface area contributed by atoms with Crippen LogP contribution in [0.4, 0.5) is 5.69 Å². The molecule has 0 bridgehead atoms. The molecule has 3 rings (SSSR count). The summed E-state index contributed by atoms with van der Waals surface area (Å²) in [6, 6.07) is 6.10. The van der Waals surface area contributed by atoms with E-state index in [1.165, 1.54) is 0 Å². The Hall–Kier alpha value is -1.90. The number of benzene rings is 1. The van der Waals surface area contributed by atoms with Crippen LogP contribution in [0.1, 0.15) is 11.1 Å². The van der Waals surface area contributed by atoms with Gasteiger partial charge in [0.15, 0.2) is 0 Å². The predicted molar refractivity (Wildman–Crippen MR) is 102 cm³/mol. The molecule has 2 fully saturated rings. The van der Waals surface area contributed by atoms with E-state index >= 15 is 0 Å². The van der Waals surface area contributed by atoms with Crippen molar-refractivity contribution in [3.8, 4) is 0 Å². The van der Waals surface area contributed by atoms with E-state index < -0.39 is 12.5 Å². The van der Waals surface area contributed by atoms with Crippen molar-refractivity contribution in [1.82, 2.24) is 4.90 Å². The Balaban J connectivity index is 1.80. The maximum atomic E-state index is 12.3. The van der Waals surface area contributed by atoms with E-state index in [0.29, 0.717) is 4.91 Å². The fourth-order valence-corrected chi connectivity index (χ4v) is 4.00. The summed E-state index contributed by atoms with van der Waals surface area (Å²) in [5.74, 6) is -1.43. The van der Waals surface area contributed by atoms with Gasteiger partial charge in [0, 0.05) is 18.8 Å². The number of carbonyl (C=O) groups excluding carboxylic acids is 1. The molecule has 2 aliphatic heterocycles. The fraction of sp³-hybridized carbons (Fsp3) is 0.353. The van der Waals surface area contributed by atoms with E-state index in [0.717, 1.165) is 59.8 Å². The van der Waals surface area contributed by atoms with E-state index in [2.05, 4.69) is 11.0 Å². The largest absolute Gasteiger partial charge is 0.480 e. The Morgan fingerprint density at radius 1 is 1.40 bits per heavy atom. The summed E-state index contributed by atoms with van der Waals surface area (Å²) >= 11 is 6.25. The van der Waals surface area contributed by atoms with Crippen LogP contribution in [0, 0.1) is 6.92 Å². The second-order valence-corrected chi connectivity index (χ2v) is 7.48. The first-order chi connectivity index (χ1) is 12.0. The number of hydrogen-bond donors (Lipinski definition) is 1. The molecule has 0 atom stereocenters. The van der Waals surface area contributed by atoms with Gasteiger partial charge < -0.3 is 14.7 Å². The summed E-state index contributed by atoms with van der Waals surface area (Å²) in [5.41, 5.74) is 3.11. The van der Waals surface area contributed by atoms with Crippen molar-refractivity contribution in [2.75, 3.05) is 37.7 Å². The highest BCUT2D eigenvalue weighted by Gasteiger charge is 2.33. The smallest absolute Gasteiger partial charge is 0.323 e. The molecule has 2 aliphatic rings. The number of anilines is 1. The predicted octanol–water partition coefficient (Wildman–Crippen LogP) is 2.12. The second-order valence-electron chi connectivity index (χ2n) is 5.80. The molecule has 8 heteroatoms. The summed E-state index contributed by atoms with van der Waals surface area (Å²) in [6.07, 6.45) is 1.78. The van der Waals surface area contributed by atoms with Gasteiger partial charge in [0.05, 0.1) is 18.1 Å². The Bertz CT molecular complexity index is 757. The first kappa shape index (κ1) is 17.9. The number of hydrogen-bond acceptors (Lipinski definition) is 6. The first-order valence-electron chi connectivity index (χ1n) is 7.86. The molecule has 0 radical (unpaired) electrons. The van der Waals surface area contributed by atoms with Crippen LogP contribution in [0.15, 0.2) is 23.1 Å². The highest BCUT2D eigenvalue weighted by molar-refractivity contribution is 8.26. The van der Waals surface area contributed by atoms with Crippen molar-refractivity contribution in [3.05, 3.63) is 34.2 Å². The zero-order valence-corrected chi connectivity index (χ0v) is 15.4. The van der Waals surface area contributed by atoms with Gasteiger partial charge in [0.2, 0.25) is 0 Å². The third-order valence-corrected chi connectivity index (χ3v) is 5.46. The van der Waals surface area contributed by atoms with Crippen molar-refractivity contribution < 1.29 is 19.4 Å². The molecule has 25 heavy (non-hydrogen) atoms. The van der Waals surface area contributed by atoms with Gasteiger partial charge in [-0.3, -0.25) is 14.5 Å². The minimum Gasteiger partial charge on any atom is -0.480 e. The minimum absolute atomic E-state index is 0.279. The molecule has 132 valence electrons. The van der Waals surface area contributed by atoms with Crippen molar-refractivity contribution in [1.29, 1.82) is 0 Å². The number of carbonyl (C=O) groups is 2. The molecule has 1 N–H and O–H groups in total. The lowest BCUT2D eigenvalue weighted by molar-refractivity contribution is -0.140. The van der Waals surface area contributed by atoms with Crippen LogP contribution in [0.5, 0.6) is 0 Å². The molecular formula is C17H18N2O4S2. The zero-order chi connectivity index (χ0) is 18.0. The molecule has 0 spiro atoms. The number of thiocarbonyl (C=S) groups is 1. The summed E-state index contributed by atoms with van der Waals surface area (Å²) in [5, 5.41) is 8.89. The van der Waals surface area contributed by atoms with Crippen molar-refractivity contribution >= 4 is 51.9 Å². The molecule has 2 saturated heterocycles. The van der Waals surface area contributed by atoms with Gasteiger partial charge in [-0.05, 0) is 36.3 Å². The number of ether oxygens (including phenoxy) is 1. The van der Waals surface area contributed by atoms with Gasteiger partial charge in [-0.15, -0.1) is 0 Å². The van der Waals surface area contributed by atoms with E-state index in [9.17, 15) is 9.59 Å². The summed E-state index contributed by atoms with van der Waals surface area (Å²) in [7, 11) is 0. The maximum Gasteiger partial charge on any atom is 0.323 e. The number of rotatable bonds is 4. The number of carboxylic acid groups (broad SMARTS) is 1. The van der Waals surface area contributed by atoms with E-state index in [1.807, 2.05) is 19.1 Å². The Morgan fingerprint density at radius 3 is 2.76 bits per heavy atom. The van der Waals surface area contributed by atoms with Crippen LogP contribution < -0.4 is 4.90 Å². The van der Waals surface area contributed by atoms with E-state index in [4.69, 9.17) is 22.1 Å². The SMILES string of the molecule is Cc1cc(N2CCOCC2)ccc1C=C1SC(=S)N(CC(=O)O)C1=O. The Kier molecular flexibility index (Phi) is 5.41. The fourth-order valence-electron chi connectivity index (χ4n) is 2.75. The van der Waals surface area contributed by atoms with Gasteiger partial charge in [0.1, 0.15) is 10.9 Å². The number of thioether (sulfide) groups is 1. The monoisotopic (exact) mass is 378 g/mol. The number of aliphatic carboxylic acids is 1. The van der Waals surface area contributed by atoms with Crippen LogP contribution in [-0.4, -0.2) is 59.1 Å². The third kappa shape index (κ3) is 4.02. The lowest BCUT2D eigenvalue weighted by Gasteiger charge is -2.29. The summed E-state index contributed by atoms with van der Waals surface area (Å²) in [6.45, 7) is 4.78. The number of carboxylic acids is 1. The van der Waals surface area contributed by atoms with Crippen LogP contribution in [-0.2, 0) is 14.3 Å². The molecule has 2 heterocycles. The average molecular weight is 378 g/mol. The van der Waals surface area contributed by atoms with Crippen LogP contribution in [0.2, 0.25) is 0 Å². The Morgan fingerprint density at radius 2 is 2.12 bits per heavy atom. The van der Waals surface area contributed by atoms with E-state index in [-0.39, 0.29) is 10.2 Å². The third-order valence-electron chi connectivity index (χ3n) is 4.08. The van der Waals surface area contributed by atoms with E-state index in [1.54, 1.807) is 6.08 Å². The Labute approximate surface area is 155 Å². The van der Waals surface area contributed by atoms with Gasteiger partial charge in [-0.25, -0.2) is 0 Å². The molecule has 0 unspecified atom stereocenters. The normalized spacial score (nSPS) is 19.8. The quantitative estimate of drug-likeness (QED) is 0.636. The molecule has 1 amide bonds. The second kappa shape index (κ2) is 7.55. The van der Waals surface area contributed by atoms with Gasteiger partial charge in [-0.2, -0.15) is 0 Å². The molecule has 1 aromatic carbocycles. The van der Waals surface area contributed by atoms with Gasteiger partial charge in [-0.1, -0.05) is 30.0 Å². The van der Waals surface area contributed by atoms with Gasteiger partial charge in [0.25, 0.3) is 5.91 Å². The number of nitrogens with zero attached hydrogens (tertiary/aromatic N) is 2. The van der Waals surface area contributed by atoms with Gasteiger partial charge >= 0.3 is 5.97 Å². The molecule has 0 aliphatic carbocycles. The highest BCUT2D eigenvalue weighted by Crippen LogP contribution is 2.33. The summed E-state index contributed by atoms with van der Waals surface area (Å²) < 4.78 is 5.65. The lowest BCUT2D eigenvalue weighted by Crippen LogP contribution is -2.36. The average Bonchev–Trinajstić information content (AvgIpc) is 2.84. The zero-order valence-electron chi connectivity index (χ0n) is 13.7. The topological polar surface area (TPSA) is 70.1 Å². The van der Waals surface area contributed by atoms with Crippen LogP contribution in [0.3, 0.4) is 0 Å². The molecule has 0 saturated carbocycles. The number of amides is 1. The first-order valence-corrected chi connectivity index (χ1v) is 9.08. The van der Waals surface area contributed by atoms with Crippen LogP contribution in [0.25, 0.3) is 6.08 Å². The van der Waals surface area contributed by atoms with Crippen molar-refractivity contribution in [2.24, 2.45) is 0 Å². The number of morpholine rings is 1. The lowest BCUT2D eigenvalue weighted by atomic mass is 10.1. The minimum atomic E-state index is -1.08. The van der Waals surface area contributed by atoms with Crippen molar-refractivity contribution in [3.63, 3.8) is 0 Å². The molecule has 6 nitrogen and oxygen atoms in total. The van der Waals surface area contributed by atoms with Crippen molar-refractivity contribution in [2.45, 2.75) is 6.92 Å². The summed E-state index contributed by atoms with van der Waals surface area (Å²) in [4.78, 5) is 27.0. The molecule has 0 aromatic heterocycles. The molecular weight excluding hydrogens is 360 g/mol. The standard InChI is InChI=1S/C17H18N2O4S2/c1-11-8-13(18-4-6-23-7-5-18)3-2-12(11)9-14-16(22)19(10-15(20)21)17(24)25-14/h2-3,8-9H,4-7,10H2,1H3,(H,20,21). The highest BCUT2D eigenvalue weighted by atomic mass is 32.2. The van der Waals surface area contributed by atoms with Crippen LogP contribution >= 0.6 is 24.0 Å². The maximum absolute atomic E-state index is 12.3. The molecule has 1 aromatic rings. The number of aryl methyl sites for hydroxylation is 1.